The zero-order chi connectivity index (χ0) is 9.84. The summed E-state index contributed by atoms with van der Waals surface area (Å²) >= 11 is 5.51. The Hall–Kier alpha value is -1.33. The molecule has 0 radical (unpaired) electrons. The van der Waals surface area contributed by atoms with E-state index in [2.05, 4.69) is 5.92 Å². The molecule has 0 unspecified atom stereocenters. The van der Waals surface area contributed by atoms with Crippen molar-refractivity contribution in [2.75, 3.05) is 0 Å². The number of hydrogen-bond acceptors (Lipinski definition) is 1. The summed E-state index contributed by atoms with van der Waals surface area (Å²) in [5.74, 6) is 1.12. The molecule has 0 heterocycles. The smallest absolute Gasteiger partial charge is 0.177 e. The third kappa shape index (κ3) is 2.30. The molecule has 0 saturated carbocycles. The molecule has 1 aromatic rings. The molecule has 1 aromatic carbocycles. The van der Waals surface area contributed by atoms with E-state index in [0.717, 1.165) is 6.07 Å². The summed E-state index contributed by atoms with van der Waals surface area (Å²) in [6.07, 6.45) is 4.83. The van der Waals surface area contributed by atoms with Crippen LogP contribution in [0.1, 0.15) is 16.8 Å². The Balaban J connectivity index is 3.03. The number of carbonyl (C=O) groups is 1. The molecule has 0 aromatic heterocycles. The van der Waals surface area contributed by atoms with Gasteiger partial charge in [0.15, 0.2) is 5.78 Å². The van der Waals surface area contributed by atoms with Crippen LogP contribution in [0.25, 0.3) is 0 Å². The zero-order valence-electron chi connectivity index (χ0n) is 6.68. The number of benzene rings is 1. The predicted octanol–water partition coefficient (Wildman–Crippen LogP) is 2.69. The molecule has 0 N–H and O–H groups in total. The molecule has 1 rings (SSSR count). The van der Waals surface area contributed by atoms with E-state index in [0.29, 0.717) is 0 Å². The Morgan fingerprint density at radius 2 is 2.31 bits per heavy atom. The first kappa shape index (κ1) is 9.76. The summed E-state index contributed by atoms with van der Waals surface area (Å²) in [7, 11) is 0. The number of rotatable bonds is 2. The van der Waals surface area contributed by atoms with E-state index in [9.17, 15) is 9.18 Å². The van der Waals surface area contributed by atoms with Gasteiger partial charge in [-0.2, -0.15) is 0 Å². The van der Waals surface area contributed by atoms with Crippen LogP contribution in [0.3, 0.4) is 0 Å². The van der Waals surface area contributed by atoms with E-state index >= 15 is 0 Å². The maximum Gasteiger partial charge on any atom is 0.177 e. The molecule has 0 saturated heterocycles. The number of carbonyl (C=O) groups excluding carboxylic acids is 1. The minimum atomic E-state index is -0.632. The molecular weight excluding hydrogens is 191 g/mol. The highest BCUT2D eigenvalue weighted by Gasteiger charge is 2.10. The highest BCUT2D eigenvalue weighted by Crippen LogP contribution is 2.15. The van der Waals surface area contributed by atoms with Gasteiger partial charge >= 0.3 is 0 Å². The third-order valence-corrected chi connectivity index (χ3v) is 1.73. The number of ketones is 1. The van der Waals surface area contributed by atoms with Crippen LogP contribution in [0.5, 0.6) is 0 Å². The maximum absolute atomic E-state index is 13.1. The largest absolute Gasteiger partial charge is 0.293 e. The molecule has 0 fully saturated rings. The molecule has 66 valence electrons. The van der Waals surface area contributed by atoms with Crippen molar-refractivity contribution in [1.82, 2.24) is 0 Å². The quantitative estimate of drug-likeness (QED) is 0.525. The molecule has 0 spiro atoms. The van der Waals surface area contributed by atoms with Gasteiger partial charge in [-0.3, -0.25) is 4.79 Å². The summed E-state index contributed by atoms with van der Waals surface area (Å²) in [6.45, 7) is 0. The molecule has 0 aliphatic rings. The first-order valence-electron chi connectivity index (χ1n) is 3.57. The highest BCUT2D eigenvalue weighted by molar-refractivity contribution is 6.30. The Labute approximate surface area is 80.5 Å². The van der Waals surface area contributed by atoms with Crippen molar-refractivity contribution in [3.63, 3.8) is 0 Å². The zero-order valence-corrected chi connectivity index (χ0v) is 7.44. The van der Waals surface area contributed by atoms with Gasteiger partial charge in [0.05, 0.1) is 12.0 Å². The van der Waals surface area contributed by atoms with Gasteiger partial charge in [0, 0.05) is 5.02 Å². The van der Waals surface area contributed by atoms with Crippen molar-refractivity contribution in [2.24, 2.45) is 0 Å². The summed E-state index contributed by atoms with van der Waals surface area (Å²) in [5.41, 5.74) is -0.0117. The SMILES string of the molecule is C#CCC(=O)c1ccc(Cl)cc1F. The minimum Gasteiger partial charge on any atom is -0.293 e. The first-order chi connectivity index (χ1) is 6.15. The van der Waals surface area contributed by atoms with Gasteiger partial charge in [-0.15, -0.1) is 6.42 Å². The van der Waals surface area contributed by atoms with Crippen LogP contribution in [0, 0.1) is 18.2 Å². The van der Waals surface area contributed by atoms with E-state index in [1.807, 2.05) is 0 Å². The van der Waals surface area contributed by atoms with Gasteiger partial charge in [0.25, 0.3) is 0 Å². The first-order valence-corrected chi connectivity index (χ1v) is 3.94. The fourth-order valence-corrected chi connectivity index (χ4v) is 1.06. The number of halogens is 2. The average molecular weight is 197 g/mol. The second kappa shape index (κ2) is 4.06. The van der Waals surface area contributed by atoms with Gasteiger partial charge in [-0.1, -0.05) is 17.5 Å². The van der Waals surface area contributed by atoms with Crippen molar-refractivity contribution < 1.29 is 9.18 Å². The van der Waals surface area contributed by atoms with E-state index in [4.69, 9.17) is 18.0 Å². The van der Waals surface area contributed by atoms with Crippen molar-refractivity contribution in [2.45, 2.75) is 6.42 Å². The number of hydrogen-bond donors (Lipinski definition) is 0. The molecule has 0 aliphatic carbocycles. The average Bonchev–Trinajstić information content (AvgIpc) is 2.04. The lowest BCUT2D eigenvalue weighted by Crippen LogP contribution is -2.00. The van der Waals surface area contributed by atoms with Crippen LogP contribution in [0.2, 0.25) is 5.02 Å². The fourth-order valence-electron chi connectivity index (χ4n) is 0.904. The van der Waals surface area contributed by atoms with Crippen LogP contribution in [-0.4, -0.2) is 5.78 Å². The molecule has 0 bridgehead atoms. The Morgan fingerprint density at radius 1 is 1.62 bits per heavy atom. The molecule has 3 heteroatoms. The van der Waals surface area contributed by atoms with E-state index in [1.54, 1.807) is 0 Å². The number of Topliss-reactive ketones (excluding diaryl/α,β-unsaturated/α-hetero) is 1. The van der Waals surface area contributed by atoms with E-state index in [-0.39, 0.29) is 17.0 Å². The van der Waals surface area contributed by atoms with Gasteiger partial charge < -0.3 is 0 Å². The summed E-state index contributed by atoms with van der Waals surface area (Å²) in [6, 6.07) is 3.87. The number of terminal acetylenes is 1. The van der Waals surface area contributed by atoms with Crippen LogP contribution < -0.4 is 0 Å². The van der Waals surface area contributed by atoms with Crippen LogP contribution in [-0.2, 0) is 0 Å². The topological polar surface area (TPSA) is 17.1 Å². The van der Waals surface area contributed by atoms with Gasteiger partial charge in [-0.05, 0) is 18.2 Å². The monoisotopic (exact) mass is 196 g/mol. The second-order valence-electron chi connectivity index (χ2n) is 2.43. The van der Waals surface area contributed by atoms with Crippen LogP contribution in [0.4, 0.5) is 4.39 Å². The van der Waals surface area contributed by atoms with Crippen LogP contribution in [0.15, 0.2) is 18.2 Å². The Kier molecular flexibility index (Phi) is 3.05. The minimum absolute atomic E-state index is 0.0117. The van der Waals surface area contributed by atoms with Gasteiger partial charge in [0.1, 0.15) is 5.82 Å². The highest BCUT2D eigenvalue weighted by atomic mass is 35.5. The van der Waals surface area contributed by atoms with Crippen molar-refractivity contribution in [3.8, 4) is 12.3 Å². The lowest BCUT2D eigenvalue weighted by molar-refractivity contribution is 0.0994. The molecule has 13 heavy (non-hydrogen) atoms. The lowest BCUT2D eigenvalue weighted by Gasteiger charge is -1.99. The van der Waals surface area contributed by atoms with Crippen molar-refractivity contribution in [3.05, 3.63) is 34.6 Å². The maximum atomic E-state index is 13.1. The molecule has 1 nitrogen and oxygen atoms in total. The fraction of sp³-hybridized carbons (Fsp3) is 0.100. The van der Waals surface area contributed by atoms with Crippen molar-refractivity contribution >= 4 is 17.4 Å². The van der Waals surface area contributed by atoms with Crippen molar-refractivity contribution in [1.29, 1.82) is 0 Å². The van der Waals surface area contributed by atoms with E-state index < -0.39 is 11.6 Å². The second-order valence-corrected chi connectivity index (χ2v) is 2.86. The normalized spacial score (nSPS) is 9.31. The molecule has 0 amide bonds. The molecule has 0 atom stereocenters. The van der Waals surface area contributed by atoms with Gasteiger partial charge in [0.2, 0.25) is 0 Å². The predicted molar refractivity (Wildman–Crippen MR) is 49.2 cm³/mol. The summed E-state index contributed by atoms with van der Waals surface area (Å²) in [5, 5.41) is 0.259. The Bertz CT molecular complexity index is 379. The molecular formula is C10H6ClFO. The standard InChI is InChI=1S/C10H6ClFO/c1-2-3-10(13)8-5-4-7(11)6-9(8)12/h1,4-6H,3H2. The third-order valence-electron chi connectivity index (χ3n) is 1.49. The summed E-state index contributed by atoms with van der Waals surface area (Å²) in [4.78, 5) is 11.2. The summed E-state index contributed by atoms with van der Waals surface area (Å²) < 4.78 is 13.1. The van der Waals surface area contributed by atoms with Gasteiger partial charge in [-0.25, -0.2) is 4.39 Å². The van der Waals surface area contributed by atoms with E-state index in [1.165, 1.54) is 12.1 Å². The molecule has 0 aliphatic heterocycles. The van der Waals surface area contributed by atoms with Crippen LogP contribution >= 0.6 is 11.6 Å². The lowest BCUT2D eigenvalue weighted by atomic mass is 10.1. The Morgan fingerprint density at radius 3 is 2.85 bits per heavy atom.